The van der Waals surface area contributed by atoms with E-state index in [1.165, 1.54) is 11.1 Å². The number of benzene rings is 1. The van der Waals surface area contributed by atoms with Crippen LogP contribution in [0.15, 0.2) is 18.2 Å². The van der Waals surface area contributed by atoms with Crippen molar-refractivity contribution in [1.29, 1.82) is 0 Å². The molecule has 0 aromatic heterocycles. The molecule has 2 heteroatoms. The van der Waals surface area contributed by atoms with Gasteiger partial charge in [-0.15, -0.1) is 11.6 Å². The topological polar surface area (TPSA) is 9.23 Å². The lowest BCUT2D eigenvalue weighted by atomic mass is 10.1. The van der Waals surface area contributed by atoms with E-state index in [9.17, 15) is 0 Å². The van der Waals surface area contributed by atoms with Gasteiger partial charge in [-0.1, -0.05) is 12.1 Å². The summed E-state index contributed by atoms with van der Waals surface area (Å²) in [5.74, 6) is 1.61. The average Bonchev–Trinajstić information content (AvgIpc) is 2.05. The molecule has 1 rings (SSSR count). The highest BCUT2D eigenvalue weighted by molar-refractivity contribution is 6.17. The van der Waals surface area contributed by atoms with Crippen LogP contribution in [-0.4, -0.2) is 13.0 Å². The standard InChI is InChI=1S/C10H13ClO/c1-8-7-9(5-6-11)3-4-10(8)12-2/h3-4,7H,5-6H2,1-2H3. The first-order valence-corrected chi connectivity index (χ1v) is 4.51. The normalized spacial score (nSPS) is 9.92. The largest absolute Gasteiger partial charge is 0.496 e. The van der Waals surface area contributed by atoms with Crippen molar-refractivity contribution in [2.45, 2.75) is 13.3 Å². The van der Waals surface area contributed by atoms with E-state index in [0.717, 1.165) is 12.2 Å². The zero-order chi connectivity index (χ0) is 8.97. The molecule has 12 heavy (non-hydrogen) atoms. The first kappa shape index (κ1) is 9.40. The van der Waals surface area contributed by atoms with Crippen molar-refractivity contribution < 1.29 is 4.74 Å². The summed E-state index contributed by atoms with van der Waals surface area (Å²) in [7, 11) is 1.68. The second-order valence-corrected chi connectivity index (χ2v) is 3.12. The van der Waals surface area contributed by atoms with Crippen LogP contribution >= 0.6 is 11.6 Å². The lowest BCUT2D eigenvalue weighted by Gasteiger charge is -2.05. The predicted octanol–water partition coefficient (Wildman–Crippen LogP) is 2.78. The minimum Gasteiger partial charge on any atom is -0.496 e. The lowest BCUT2D eigenvalue weighted by molar-refractivity contribution is 0.411. The second-order valence-electron chi connectivity index (χ2n) is 2.74. The Bertz CT molecular complexity index is 258. The van der Waals surface area contributed by atoms with Crippen molar-refractivity contribution in [2.75, 3.05) is 13.0 Å². The van der Waals surface area contributed by atoms with E-state index in [4.69, 9.17) is 16.3 Å². The zero-order valence-corrected chi connectivity index (χ0v) is 8.19. The molecule has 1 aromatic rings. The predicted molar refractivity (Wildman–Crippen MR) is 52.2 cm³/mol. The number of rotatable bonds is 3. The second kappa shape index (κ2) is 4.36. The summed E-state index contributed by atoms with van der Waals surface area (Å²) in [4.78, 5) is 0. The Hall–Kier alpha value is -0.690. The third-order valence-corrected chi connectivity index (χ3v) is 2.03. The summed E-state index contributed by atoms with van der Waals surface area (Å²) < 4.78 is 5.15. The fourth-order valence-corrected chi connectivity index (χ4v) is 1.42. The molecule has 0 N–H and O–H groups in total. The lowest BCUT2D eigenvalue weighted by Crippen LogP contribution is -1.90. The van der Waals surface area contributed by atoms with E-state index >= 15 is 0 Å². The van der Waals surface area contributed by atoms with Gasteiger partial charge in [0.05, 0.1) is 7.11 Å². The third-order valence-electron chi connectivity index (χ3n) is 1.84. The minimum absolute atomic E-state index is 0.672. The van der Waals surface area contributed by atoms with Crippen LogP contribution in [0, 0.1) is 6.92 Å². The molecule has 0 aliphatic heterocycles. The molecule has 0 aliphatic rings. The van der Waals surface area contributed by atoms with Gasteiger partial charge in [0.1, 0.15) is 5.75 Å². The van der Waals surface area contributed by atoms with Gasteiger partial charge in [-0.3, -0.25) is 0 Å². The van der Waals surface area contributed by atoms with Gasteiger partial charge in [-0.25, -0.2) is 0 Å². The molecule has 0 radical (unpaired) electrons. The number of ether oxygens (including phenoxy) is 1. The van der Waals surface area contributed by atoms with Gasteiger partial charge in [0.25, 0.3) is 0 Å². The van der Waals surface area contributed by atoms with Crippen molar-refractivity contribution in [3.05, 3.63) is 29.3 Å². The van der Waals surface area contributed by atoms with Crippen LogP contribution in [0.25, 0.3) is 0 Å². The SMILES string of the molecule is COc1ccc(CCCl)cc1C. The monoisotopic (exact) mass is 184 g/mol. The summed E-state index contributed by atoms with van der Waals surface area (Å²) in [5.41, 5.74) is 2.43. The molecule has 0 fully saturated rings. The highest BCUT2D eigenvalue weighted by Gasteiger charge is 1.98. The van der Waals surface area contributed by atoms with E-state index in [2.05, 4.69) is 6.07 Å². The van der Waals surface area contributed by atoms with Crippen LogP contribution in [-0.2, 0) is 6.42 Å². The van der Waals surface area contributed by atoms with Crippen LogP contribution in [0.1, 0.15) is 11.1 Å². The fourth-order valence-electron chi connectivity index (χ4n) is 1.21. The van der Waals surface area contributed by atoms with Crippen molar-refractivity contribution >= 4 is 11.6 Å². The first-order valence-electron chi connectivity index (χ1n) is 3.97. The fraction of sp³-hybridized carbons (Fsp3) is 0.400. The highest BCUT2D eigenvalue weighted by Crippen LogP contribution is 2.18. The molecule has 0 heterocycles. The average molecular weight is 185 g/mol. The summed E-state index contributed by atoms with van der Waals surface area (Å²) in [6, 6.07) is 6.15. The maximum atomic E-state index is 5.63. The number of hydrogen-bond donors (Lipinski definition) is 0. The molecule has 0 amide bonds. The van der Waals surface area contributed by atoms with E-state index in [1.807, 2.05) is 19.1 Å². The molecule has 1 aromatic carbocycles. The van der Waals surface area contributed by atoms with Crippen LogP contribution in [0.3, 0.4) is 0 Å². The maximum absolute atomic E-state index is 5.63. The number of halogens is 1. The Kier molecular flexibility index (Phi) is 3.42. The van der Waals surface area contributed by atoms with Crippen LogP contribution in [0.2, 0.25) is 0 Å². The van der Waals surface area contributed by atoms with Crippen LogP contribution in [0.5, 0.6) is 5.75 Å². The van der Waals surface area contributed by atoms with E-state index in [-0.39, 0.29) is 0 Å². The Balaban J connectivity index is 2.86. The number of alkyl halides is 1. The molecule has 0 bridgehead atoms. The van der Waals surface area contributed by atoms with E-state index < -0.39 is 0 Å². The van der Waals surface area contributed by atoms with E-state index in [1.54, 1.807) is 7.11 Å². The highest BCUT2D eigenvalue weighted by atomic mass is 35.5. The molecule has 0 saturated carbocycles. The Morgan fingerprint density at radius 1 is 1.42 bits per heavy atom. The van der Waals surface area contributed by atoms with Gasteiger partial charge in [0.15, 0.2) is 0 Å². The molecular weight excluding hydrogens is 172 g/mol. The van der Waals surface area contributed by atoms with Crippen molar-refractivity contribution in [3.8, 4) is 5.75 Å². The quantitative estimate of drug-likeness (QED) is 0.657. The Morgan fingerprint density at radius 2 is 2.17 bits per heavy atom. The number of aryl methyl sites for hydroxylation is 2. The minimum atomic E-state index is 0.672. The first-order chi connectivity index (χ1) is 5.77. The van der Waals surface area contributed by atoms with Gasteiger partial charge in [0.2, 0.25) is 0 Å². The van der Waals surface area contributed by atoms with Gasteiger partial charge >= 0.3 is 0 Å². The van der Waals surface area contributed by atoms with Crippen molar-refractivity contribution in [2.24, 2.45) is 0 Å². The Morgan fingerprint density at radius 3 is 2.67 bits per heavy atom. The Labute approximate surface area is 78.3 Å². The van der Waals surface area contributed by atoms with E-state index in [0.29, 0.717) is 5.88 Å². The summed E-state index contributed by atoms with van der Waals surface area (Å²) in [5, 5.41) is 0. The smallest absolute Gasteiger partial charge is 0.121 e. The van der Waals surface area contributed by atoms with Crippen LogP contribution in [0.4, 0.5) is 0 Å². The zero-order valence-electron chi connectivity index (χ0n) is 7.43. The molecule has 0 aliphatic carbocycles. The molecule has 0 unspecified atom stereocenters. The molecule has 0 atom stereocenters. The summed E-state index contributed by atoms with van der Waals surface area (Å²) >= 11 is 5.63. The summed E-state index contributed by atoms with van der Waals surface area (Å²) in [6.07, 6.45) is 0.923. The third kappa shape index (κ3) is 2.15. The van der Waals surface area contributed by atoms with Gasteiger partial charge in [-0.05, 0) is 30.5 Å². The molecule has 0 spiro atoms. The molecule has 0 saturated heterocycles. The number of methoxy groups -OCH3 is 1. The van der Waals surface area contributed by atoms with Crippen LogP contribution < -0.4 is 4.74 Å². The number of hydrogen-bond acceptors (Lipinski definition) is 1. The summed E-state index contributed by atoms with van der Waals surface area (Å²) in [6.45, 7) is 2.04. The molecule has 1 nitrogen and oxygen atoms in total. The molecular formula is C10H13ClO. The van der Waals surface area contributed by atoms with Crippen molar-refractivity contribution in [1.82, 2.24) is 0 Å². The van der Waals surface area contributed by atoms with Gasteiger partial charge in [0, 0.05) is 5.88 Å². The van der Waals surface area contributed by atoms with Crippen molar-refractivity contribution in [3.63, 3.8) is 0 Å². The van der Waals surface area contributed by atoms with Gasteiger partial charge < -0.3 is 4.74 Å². The maximum Gasteiger partial charge on any atom is 0.121 e. The van der Waals surface area contributed by atoms with Gasteiger partial charge in [-0.2, -0.15) is 0 Å². The molecule has 66 valence electrons.